The monoisotopic (exact) mass is 603 g/mol. The highest BCUT2D eigenvalue weighted by Gasteiger charge is 2.16. The topological polar surface area (TPSA) is 3.24 Å². The third-order valence-electron chi connectivity index (χ3n) is 9.04. The van der Waals surface area contributed by atoms with Crippen LogP contribution in [0, 0.1) is 0 Å². The highest BCUT2D eigenvalue weighted by atomic mass is 32.1. The van der Waals surface area contributed by atoms with Gasteiger partial charge >= 0.3 is 0 Å². The van der Waals surface area contributed by atoms with Crippen LogP contribution >= 0.6 is 11.3 Å². The van der Waals surface area contributed by atoms with Crippen LogP contribution in [0.2, 0.25) is 0 Å². The van der Waals surface area contributed by atoms with Crippen molar-refractivity contribution in [3.05, 3.63) is 176 Å². The summed E-state index contributed by atoms with van der Waals surface area (Å²) < 4.78 is 2.63. The number of anilines is 3. The summed E-state index contributed by atoms with van der Waals surface area (Å²) in [6.45, 7) is 0. The molecule has 8 aromatic carbocycles. The van der Waals surface area contributed by atoms with E-state index in [-0.39, 0.29) is 0 Å². The zero-order valence-electron chi connectivity index (χ0n) is 25.1. The summed E-state index contributed by atoms with van der Waals surface area (Å²) in [4.78, 5) is 2.38. The highest BCUT2D eigenvalue weighted by Crippen LogP contribution is 2.41. The number of thiophene rings is 1. The molecule has 0 amide bonds. The number of benzene rings is 8. The van der Waals surface area contributed by atoms with E-state index in [2.05, 4.69) is 181 Å². The Balaban J connectivity index is 1.14. The van der Waals surface area contributed by atoms with Crippen LogP contribution in [0.1, 0.15) is 0 Å². The van der Waals surface area contributed by atoms with E-state index < -0.39 is 0 Å². The minimum absolute atomic E-state index is 1.13. The van der Waals surface area contributed by atoms with Gasteiger partial charge in [0.05, 0.1) is 0 Å². The van der Waals surface area contributed by atoms with E-state index in [4.69, 9.17) is 0 Å². The van der Waals surface area contributed by atoms with E-state index in [1.54, 1.807) is 0 Å². The molecule has 1 heterocycles. The maximum absolute atomic E-state index is 2.38. The quantitative estimate of drug-likeness (QED) is 0.189. The molecule has 216 valence electrons. The molecule has 2 heteroatoms. The molecule has 9 rings (SSSR count). The molecular weight excluding hydrogens is 575 g/mol. The van der Waals surface area contributed by atoms with Crippen molar-refractivity contribution < 1.29 is 0 Å². The SMILES string of the molecule is c1ccc2cc(-c3ccc(N(c4ccc(-c5ccc6ccccc6c5)cc4)c4ccc5sc6ccccc6c5c4)cc3)ccc2c1. The van der Waals surface area contributed by atoms with Crippen molar-refractivity contribution in [3.8, 4) is 22.3 Å². The first kappa shape index (κ1) is 26.7. The van der Waals surface area contributed by atoms with Crippen LogP contribution in [-0.4, -0.2) is 0 Å². The molecule has 0 N–H and O–H groups in total. The first-order valence-electron chi connectivity index (χ1n) is 15.7. The van der Waals surface area contributed by atoms with Gasteiger partial charge in [-0.15, -0.1) is 11.3 Å². The number of nitrogens with zero attached hydrogens (tertiary/aromatic N) is 1. The second-order valence-corrected chi connectivity index (χ2v) is 12.9. The molecule has 0 unspecified atom stereocenters. The second-order valence-electron chi connectivity index (χ2n) is 11.8. The van der Waals surface area contributed by atoms with Crippen LogP contribution in [0.3, 0.4) is 0 Å². The minimum Gasteiger partial charge on any atom is -0.310 e. The Morgan fingerprint density at radius 1 is 0.304 bits per heavy atom. The molecule has 0 atom stereocenters. The number of fused-ring (bicyclic) bond motifs is 5. The zero-order valence-corrected chi connectivity index (χ0v) is 25.9. The molecular formula is C44H29NS. The normalized spacial score (nSPS) is 11.5. The molecule has 0 saturated carbocycles. The average Bonchev–Trinajstić information content (AvgIpc) is 3.50. The Hall–Kier alpha value is -5.70. The summed E-state index contributed by atoms with van der Waals surface area (Å²) in [7, 11) is 0. The molecule has 0 spiro atoms. The maximum Gasteiger partial charge on any atom is 0.0468 e. The van der Waals surface area contributed by atoms with Crippen molar-refractivity contribution in [2.45, 2.75) is 0 Å². The molecule has 0 aliphatic heterocycles. The van der Waals surface area contributed by atoms with Gasteiger partial charge in [-0.2, -0.15) is 0 Å². The Morgan fingerprint density at radius 2 is 0.761 bits per heavy atom. The van der Waals surface area contributed by atoms with E-state index in [1.807, 2.05) is 11.3 Å². The predicted octanol–water partition coefficient (Wildman–Crippen LogP) is 13.2. The fourth-order valence-corrected chi connectivity index (χ4v) is 7.73. The van der Waals surface area contributed by atoms with Gasteiger partial charge in [0, 0.05) is 37.2 Å². The molecule has 0 fully saturated rings. The van der Waals surface area contributed by atoms with Crippen molar-refractivity contribution in [2.75, 3.05) is 4.90 Å². The van der Waals surface area contributed by atoms with Gasteiger partial charge in [0.1, 0.15) is 0 Å². The van der Waals surface area contributed by atoms with Crippen molar-refractivity contribution in [1.82, 2.24) is 0 Å². The molecule has 0 radical (unpaired) electrons. The highest BCUT2D eigenvalue weighted by molar-refractivity contribution is 7.25. The molecule has 9 aromatic rings. The van der Waals surface area contributed by atoms with E-state index in [0.29, 0.717) is 0 Å². The van der Waals surface area contributed by atoms with E-state index in [9.17, 15) is 0 Å². The van der Waals surface area contributed by atoms with Gasteiger partial charge in [0.15, 0.2) is 0 Å². The lowest BCUT2D eigenvalue weighted by Gasteiger charge is -2.26. The molecule has 46 heavy (non-hydrogen) atoms. The molecule has 0 saturated heterocycles. The second kappa shape index (κ2) is 11.0. The standard InChI is InChI=1S/C44H29NS/c1-3-9-34-27-36(15-13-30(34)7-1)32-17-21-38(22-18-32)45(40-25-26-44-42(29-40)41-11-5-6-12-43(41)46-44)39-23-19-33(20-24-39)37-16-14-31-8-2-4-10-35(31)28-37/h1-29H. The third kappa shape index (κ3) is 4.72. The lowest BCUT2D eigenvalue weighted by atomic mass is 10.00. The first-order valence-corrected chi connectivity index (χ1v) is 16.5. The zero-order chi connectivity index (χ0) is 30.5. The fourth-order valence-electron chi connectivity index (χ4n) is 6.64. The molecule has 1 aromatic heterocycles. The van der Waals surface area contributed by atoms with Gasteiger partial charge in [0.25, 0.3) is 0 Å². The Labute approximate surface area is 272 Å². The molecule has 0 aliphatic carbocycles. The van der Waals surface area contributed by atoms with Gasteiger partial charge in [-0.3, -0.25) is 0 Å². The molecule has 0 aliphatic rings. The van der Waals surface area contributed by atoms with Crippen molar-refractivity contribution >= 4 is 70.1 Å². The van der Waals surface area contributed by atoms with Crippen molar-refractivity contribution in [3.63, 3.8) is 0 Å². The van der Waals surface area contributed by atoms with Crippen LogP contribution in [-0.2, 0) is 0 Å². The predicted molar refractivity (Wildman–Crippen MR) is 200 cm³/mol. The van der Waals surface area contributed by atoms with Gasteiger partial charge in [-0.05, 0) is 104 Å². The summed E-state index contributed by atoms with van der Waals surface area (Å²) in [5.41, 5.74) is 8.27. The Bertz CT molecular complexity index is 2400. The van der Waals surface area contributed by atoms with E-state index >= 15 is 0 Å². The van der Waals surface area contributed by atoms with Crippen LogP contribution < -0.4 is 4.90 Å². The summed E-state index contributed by atoms with van der Waals surface area (Å²) in [5, 5.41) is 7.64. The van der Waals surface area contributed by atoms with Gasteiger partial charge in [-0.25, -0.2) is 0 Å². The fraction of sp³-hybridized carbons (Fsp3) is 0. The number of rotatable bonds is 5. The smallest absolute Gasteiger partial charge is 0.0468 e. The number of hydrogen-bond acceptors (Lipinski definition) is 2. The van der Waals surface area contributed by atoms with E-state index in [0.717, 1.165) is 17.1 Å². The van der Waals surface area contributed by atoms with Crippen molar-refractivity contribution in [1.29, 1.82) is 0 Å². The minimum atomic E-state index is 1.13. The van der Waals surface area contributed by atoms with Gasteiger partial charge < -0.3 is 4.90 Å². The summed E-state index contributed by atoms with van der Waals surface area (Å²) in [5.74, 6) is 0. The van der Waals surface area contributed by atoms with E-state index in [1.165, 1.54) is 64.0 Å². The third-order valence-corrected chi connectivity index (χ3v) is 10.2. The lowest BCUT2D eigenvalue weighted by molar-refractivity contribution is 1.29. The molecule has 0 bridgehead atoms. The average molecular weight is 604 g/mol. The lowest BCUT2D eigenvalue weighted by Crippen LogP contribution is -2.09. The summed E-state index contributed by atoms with van der Waals surface area (Å²) in [6.07, 6.45) is 0. The number of hydrogen-bond donors (Lipinski definition) is 0. The molecule has 1 nitrogen and oxygen atoms in total. The van der Waals surface area contributed by atoms with Gasteiger partial charge in [0.2, 0.25) is 0 Å². The summed E-state index contributed by atoms with van der Waals surface area (Å²) in [6, 6.07) is 64.1. The first-order chi connectivity index (χ1) is 22.8. The maximum atomic E-state index is 2.38. The Kier molecular flexibility index (Phi) is 6.40. The van der Waals surface area contributed by atoms with Gasteiger partial charge in [-0.1, -0.05) is 115 Å². The van der Waals surface area contributed by atoms with Crippen LogP contribution in [0.25, 0.3) is 64.0 Å². The van der Waals surface area contributed by atoms with Crippen LogP contribution in [0.4, 0.5) is 17.1 Å². The van der Waals surface area contributed by atoms with Crippen molar-refractivity contribution in [2.24, 2.45) is 0 Å². The Morgan fingerprint density at radius 3 is 1.35 bits per heavy atom. The van der Waals surface area contributed by atoms with Crippen LogP contribution in [0.15, 0.2) is 176 Å². The largest absolute Gasteiger partial charge is 0.310 e. The van der Waals surface area contributed by atoms with Crippen LogP contribution in [0.5, 0.6) is 0 Å². The summed E-state index contributed by atoms with van der Waals surface area (Å²) >= 11 is 1.86.